The van der Waals surface area contributed by atoms with Crippen LogP contribution in [0.4, 0.5) is 5.82 Å². The highest BCUT2D eigenvalue weighted by atomic mass is 35.5. The standard InChI is InChI=1S/C16H19ClN6.2ClH/c1-9-7-14(22-20-9)19-8-13(18)16-15(10(2)21-23-16)11-3-5-12(17)6-4-11;;/h3-7,13H,8,18H2,1-2H3,(H,21,23)(H2,19,20,22);2*1H. The molecule has 1 unspecified atom stereocenters. The van der Waals surface area contributed by atoms with E-state index in [2.05, 4.69) is 25.7 Å². The van der Waals surface area contributed by atoms with Gasteiger partial charge in [-0.05, 0) is 31.5 Å². The van der Waals surface area contributed by atoms with E-state index >= 15 is 0 Å². The fourth-order valence-electron chi connectivity index (χ4n) is 2.52. The molecule has 3 aromatic rings. The lowest BCUT2D eigenvalue weighted by Crippen LogP contribution is -2.21. The van der Waals surface area contributed by atoms with Crippen LogP contribution < -0.4 is 11.1 Å². The lowest BCUT2D eigenvalue weighted by atomic mass is 10.00. The third kappa shape index (κ3) is 4.89. The predicted molar refractivity (Wildman–Crippen MR) is 107 cm³/mol. The molecule has 0 saturated carbocycles. The van der Waals surface area contributed by atoms with Crippen molar-refractivity contribution in [3.05, 3.63) is 52.4 Å². The fourth-order valence-corrected chi connectivity index (χ4v) is 2.64. The van der Waals surface area contributed by atoms with E-state index in [0.29, 0.717) is 11.6 Å². The number of aromatic nitrogens is 4. The molecule has 0 radical (unpaired) electrons. The summed E-state index contributed by atoms with van der Waals surface area (Å²) in [5, 5.41) is 18.4. The number of halogens is 3. The summed E-state index contributed by atoms with van der Waals surface area (Å²) in [5.41, 5.74) is 11.2. The van der Waals surface area contributed by atoms with Crippen LogP contribution in [0.15, 0.2) is 30.3 Å². The molecule has 5 N–H and O–H groups in total. The molecule has 0 spiro atoms. The Morgan fingerprint density at radius 2 is 1.80 bits per heavy atom. The molecule has 3 rings (SSSR count). The molecular weight excluding hydrogens is 383 g/mol. The number of H-pyrrole nitrogens is 2. The number of hydrogen-bond donors (Lipinski definition) is 4. The van der Waals surface area contributed by atoms with Crippen molar-refractivity contribution in [1.29, 1.82) is 0 Å². The smallest absolute Gasteiger partial charge is 0.148 e. The van der Waals surface area contributed by atoms with Crippen LogP contribution in [0.2, 0.25) is 5.02 Å². The summed E-state index contributed by atoms with van der Waals surface area (Å²) in [6, 6.07) is 9.35. The van der Waals surface area contributed by atoms with Gasteiger partial charge in [-0.1, -0.05) is 23.7 Å². The Balaban J connectivity index is 0.00000156. The largest absolute Gasteiger partial charge is 0.367 e. The quantitative estimate of drug-likeness (QED) is 0.517. The van der Waals surface area contributed by atoms with Gasteiger partial charge < -0.3 is 11.1 Å². The van der Waals surface area contributed by atoms with E-state index in [-0.39, 0.29) is 30.9 Å². The zero-order chi connectivity index (χ0) is 16.4. The second kappa shape index (κ2) is 9.10. The minimum atomic E-state index is -0.261. The zero-order valence-corrected chi connectivity index (χ0v) is 16.2. The molecule has 6 nitrogen and oxygen atoms in total. The third-order valence-electron chi connectivity index (χ3n) is 3.67. The minimum Gasteiger partial charge on any atom is -0.367 e. The molecule has 136 valence electrons. The Labute approximate surface area is 163 Å². The van der Waals surface area contributed by atoms with Crippen molar-refractivity contribution in [3.63, 3.8) is 0 Å². The van der Waals surface area contributed by atoms with Crippen LogP contribution in [-0.2, 0) is 0 Å². The molecule has 1 atom stereocenters. The second-order valence-corrected chi connectivity index (χ2v) is 5.98. The molecule has 0 bridgehead atoms. The van der Waals surface area contributed by atoms with E-state index < -0.39 is 0 Å². The maximum Gasteiger partial charge on any atom is 0.148 e. The van der Waals surface area contributed by atoms with Gasteiger partial charge >= 0.3 is 0 Å². The molecule has 0 aliphatic heterocycles. The van der Waals surface area contributed by atoms with Crippen molar-refractivity contribution >= 4 is 42.2 Å². The lowest BCUT2D eigenvalue weighted by molar-refractivity contribution is 0.728. The molecule has 1 aromatic carbocycles. The first-order valence-corrected chi connectivity index (χ1v) is 7.74. The summed E-state index contributed by atoms with van der Waals surface area (Å²) in [5.74, 6) is 0.776. The zero-order valence-electron chi connectivity index (χ0n) is 13.8. The van der Waals surface area contributed by atoms with Gasteiger partial charge in [0.05, 0.1) is 11.7 Å². The molecule has 2 aromatic heterocycles. The van der Waals surface area contributed by atoms with E-state index in [1.165, 1.54) is 0 Å². The number of nitrogens with one attached hydrogen (secondary N) is 3. The first kappa shape index (κ1) is 21.3. The summed E-state index contributed by atoms with van der Waals surface area (Å²) in [6.45, 7) is 4.47. The van der Waals surface area contributed by atoms with E-state index in [4.69, 9.17) is 17.3 Å². The highest BCUT2D eigenvalue weighted by Crippen LogP contribution is 2.29. The van der Waals surface area contributed by atoms with Crippen molar-refractivity contribution in [2.45, 2.75) is 19.9 Å². The SMILES string of the molecule is Cc1cc(NCC(N)c2n[nH]c(C)c2-c2ccc(Cl)cc2)n[nH]1.Cl.Cl. The normalized spacial score (nSPS) is 11.4. The number of hydrogen-bond acceptors (Lipinski definition) is 4. The van der Waals surface area contributed by atoms with Gasteiger partial charge in [-0.25, -0.2) is 0 Å². The Morgan fingerprint density at radius 1 is 1.12 bits per heavy atom. The van der Waals surface area contributed by atoms with Gasteiger partial charge in [-0.3, -0.25) is 10.2 Å². The van der Waals surface area contributed by atoms with Gasteiger partial charge in [-0.15, -0.1) is 24.8 Å². The number of aromatic amines is 2. The van der Waals surface area contributed by atoms with Crippen molar-refractivity contribution in [2.24, 2.45) is 5.73 Å². The molecule has 0 aliphatic rings. The van der Waals surface area contributed by atoms with Gasteiger partial charge in [0.1, 0.15) is 5.82 Å². The van der Waals surface area contributed by atoms with E-state index in [1.54, 1.807) is 0 Å². The van der Waals surface area contributed by atoms with E-state index in [1.807, 2.05) is 44.2 Å². The number of nitrogens with zero attached hydrogens (tertiary/aromatic N) is 2. The highest BCUT2D eigenvalue weighted by Gasteiger charge is 2.18. The van der Waals surface area contributed by atoms with Crippen LogP contribution in [0.25, 0.3) is 11.1 Å². The molecule has 0 saturated heterocycles. The van der Waals surface area contributed by atoms with Gasteiger partial charge in [0, 0.05) is 34.6 Å². The lowest BCUT2D eigenvalue weighted by Gasteiger charge is -2.13. The highest BCUT2D eigenvalue weighted by molar-refractivity contribution is 6.30. The predicted octanol–water partition coefficient (Wildman–Crippen LogP) is 4.03. The number of nitrogens with two attached hydrogens (primary N) is 1. The maximum atomic E-state index is 6.32. The monoisotopic (exact) mass is 402 g/mol. The number of aryl methyl sites for hydroxylation is 2. The van der Waals surface area contributed by atoms with Gasteiger partial charge in [0.2, 0.25) is 0 Å². The molecule has 0 aliphatic carbocycles. The Hall–Kier alpha value is -1.73. The average molecular weight is 404 g/mol. The molecule has 0 amide bonds. The van der Waals surface area contributed by atoms with Crippen LogP contribution in [0, 0.1) is 13.8 Å². The van der Waals surface area contributed by atoms with Crippen molar-refractivity contribution in [1.82, 2.24) is 20.4 Å². The second-order valence-electron chi connectivity index (χ2n) is 5.54. The van der Waals surface area contributed by atoms with Gasteiger partial charge in [0.15, 0.2) is 0 Å². The van der Waals surface area contributed by atoms with Gasteiger partial charge in [0.25, 0.3) is 0 Å². The number of rotatable bonds is 5. The number of benzene rings is 1. The Bertz CT molecular complexity index is 797. The summed E-state index contributed by atoms with van der Waals surface area (Å²) in [6.07, 6.45) is 0. The molecule has 2 heterocycles. The Kier molecular flexibility index (Phi) is 7.76. The van der Waals surface area contributed by atoms with Crippen molar-refractivity contribution < 1.29 is 0 Å². The summed E-state index contributed by atoms with van der Waals surface area (Å²) in [7, 11) is 0. The van der Waals surface area contributed by atoms with Crippen LogP contribution in [0.3, 0.4) is 0 Å². The first-order chi connectivity index (χ1) is 11.0. The first-order valence-electron chi connectivity index (χ1n) is 7.37. The van der Waals surface area contributed by atoms with Crippen LogP contribution in [0.1, 0.15) is 23.1 Å². The van der Waals surface area contributed by atoms with Crippen LogP contribution in [0.5, 0.6) is 0 Å². The van der Waals surface area contributed by atoms with E-state index in [9.17, 15) is 0 Å². The molecular formula is C16H21Cl3N6. The maximum absolute atomic E-state index is 6.32. The molecule has 25 heavy (non-hydrogen) atoms. The third-order valence-corrected chi connectivity index (χ3v) is 3.92. The van der Waals surface area contributed by atoms with E-state index in [0.717, 1.165) is 34.0 Å². The van der Waals surface area contributed by atoms with Crippen molar-refractivity contribution in [2.75, 3.05) is 11.9 Å². The van der Waals surface area contributed by atoms with Crippen LogP contribution >= 0.6 is 36.4 Å². The Morgan fingerprint density at radius 3 is 2.40 bits per heavy atom. The molecule has 9 heteroatoms. The van der Waals surface area contributed by atoms with Gasteiger partial charge in [-0.2, -0.15) is 10.2 Å². The summed E-state index contributed by atoms with van der Waals surface area (Å²) < 4.78 is 0. The summed E-state index contributed by atoms with van der Waals surface area (Å²) >= 11 is 5.97. The molecule has 0 fully saturated rings. The van der Waals surface area contributed by atoms with Crippen molar-refractivity contribution in [3.8, 4) is 11.1 Å². The fraction of sp³-hybridized carbons (Fsp3) is 0.250. The topological polar surface area (TPSA) is 95.4 Å². The number of anilines is 1. The van der Waals surface area contributed by atoms with Crippen LogP contribution in [-0.4, -0.2) is 26.9 Å². The minimum absolute atomic E-state index is 0. The summed E-state index contributed by atoms with van der Waals surface area (Å²) in [4.78, 5) is 0. The average Bonchev–Trinajstić information content (AvgIpc) is 3.12.